The maximum Gasteiger partial charge on any atom is 0.356 e. The Morgan fingerprint density at radius 1 is 1.39 bits per heavy atom. The van der Waals surface area contributed by atoms with Crippen molar-refractivity contribution in [3.63, 3.8) is 0 Å². The second kappa shape index (κ2) is 5.26. The second-order valence-electron chi connectivity index (χ2n) is 3.65. The first-order valence-electron chi connectivity index (χ1n) is 5.49. The molecule has 0 spiro atoms. The van der Waals surface area contributed by atoms with Crippen LogP contribution in [0, 0.1) is 0 Å². The van der Waals surface area contributed by atoms with Gasteiger partial charge >= 0.3 is 5.97 Å². The number of nitrogens with zero attached hydrogens (tertiary/aromatic N) is 4. The van der Waals surface area contributed by atoms with Crippen LogP contribution in [0.1, 0.15) is 23.0 Å². The van der Waals surface area contributed by atoms with Crippen LogP contribution in [-0.4, -0.2) is 30.8 Å². The van der Waals surface area contributed by atoms with Gasteiger partial charge in [-0.3, -0.25) is 4.68 Å². The van der Waals surface area contributed by atoms with Crippen molar-refractivity contribution < 1.29 is 9.90 Å². The molecular weight excluding hydrogens is 234 g/mol. The summed E-state index contributed by atoms with van der Waals surface area (Å²) in [6, 6.07) is 0. The second-order valence-corrected chi connectivity index (χ2v) is 3.65. The van der Waals surface area contributed by atoms with E-state index in [1.165, 1.54) is 12.4 Å². The molecule has 2 aromatic rings. The van der Waals surface area contributed by atoms with Gasteiger partial charge in [0.15, 0.2) is 5.69 Å². The molecule has 0 aliphatic rings. The first kappa shape index (κ1) is 12.0. The molecule has 94 valence electrons. The molecule has 0 amide bonds. The van der Waals surface area contributed by atoms with Gasteiger partial charge in [-0.2, -0.15) is 5.10 Å². The van der Waals surface area contributed by atoms with Crippen molar-refractivity contribution in [3.05, 3.63) is 36.0 Å². The highest BCUT2D eigenvalue weighted by molar-refractivity contribution is 5.84. The van der Waals surface area contributed by atoms with Crippen LogP contribution in [0.3, 0.4) is 0 Å². The van der Waals surface area contributed by atoms with Gasteiger partial charge in [0, 0.05) is 24.8 Å². The van der Waals surface area contributed by atoms with Crippen molar-refractivity contribution in [2.45, 2.75) is 20.0 Å². The van der Waals surface area contributed by atoms with E-state index in [1.807, 2.05) is 17.8 Å². The molecule has 0 saturated heterocycles. The Morgan fingerprint density at radius 2 is 2.22 bits per heavy atom. The molecule has 2 aromatic heterocycles. The number of anilines is 1. The Labute approximate surface area is 104 Å². The van der Waals surface area contributed by atoms with Crippen molar-refractivity contribution >= 4 is 11.8 Å². The molecule has 2 rings (SSSR count). The summed E-state index contributed by atoms with van der Waals surface area (Å²) in [7, 11) is 0. The number of carboxylic acids is 1. The number of nitrogens with one attached hydrogen (secondary N) is 1. The van der Waals surface area contributed by atoms with Crippen LogP contribution in [0.15, 0.2) is 24.8 Å². The zero-order chi connectivity index (χ0) is 13.0. The molecule has 0 saturated carbocycles. The minimum Gasteiger partial charge on any atom is -0.476 e. The van der Waals surface area contributed by atoms with Crippen molar-refractivity contribution in [1.82, 2.24) is 19.7 Å². The van der Waals surface area contributed by atoms with Crippen LogP contribution in [0.25, 0.3) is 0 Å². The van der Waals surface area contributed by atoms with Gasteiger partial charge in [0.2, 0.25) is 0 Å². The quantitative estimate of drug-likeness (QED) is 0.818. The molecule has 2 heterocycles. The van der Waals surface area contributed by atoms with E-state index in [2.05, 4.69) is 20.4 Å². The average molecular weight is 247 g/mol. The largest absolute Gasteiger partial charge is 0.476 e. The van der Waals surface area contributed by atoms with E-state index in [0.717, 1.165) is 12.1 Å². The van der Waals surface area contributed by atoms with Gasteiger partial charge in [-0.1, -0.05) is 0 Å². The monoisotopic (exact) mass is 247 g/mol. The predicted molar refractivity (Wildman–Crippen MR) is 64.2 cm³/mol. The first-order valence-corrected chi connectivity index (χ1v) is 5.49. The van der Waals surface area contributed by atoms with Crippen molar-refractivity contribution in [1.29, 1.82) is 0 Å². The van der Waals surface area contributed by atoms with Crippen LogP contribution < -0.4 is 5.32 Å². The van der Waals surface area contributed by atoms with Crippen LogP contribution >= 0.6 is 0 Å². The van der Waals surface area contributed by atoms with Crippen LogP contribution in [0.5, 0.6) is 0 Å². The molecule has 7 heteroatoms. The summed E-state index contributed by atoms with van der Waals surface area (Å²) in [4.78, 5) is 18.3. The number of carbonyl (C=O) groups is 1. The Kier molecular flexibility index (Phi) is 3.52. The predicted octanol–water partition coefficient (Wildman–Crippen LogP) is 1.00. The van der Waals surface area contributed by atoms with Gasteiger partial charge in [-0.25, -0.2) is 14.8 Å². The highest BCUT2D eigenvalue weighted by Crippen LogP contribution is 2.05. The van der Waals surface area contributed by atoms with Crippen molar-refractivity contribution in [3.8, 4) is 0 Å². The van der Waals surface area contributed by atoms with Crippen molar-refractivity contribution in [2.75, 3.05) is 5.32 Å². The topological polar surface area (TPSA) is 92.9 Å². The SMILES string of the molecule is CCn1cc(CNc2cnc(C(=O)O)cn2)cn1. The minimum absolute atomic E-state index is 0.0700. The highest BCUT2D eigenvalue weighted by atomic mass is 16.4. The lowest BCUT2D eigenvalue weighted by atomic mass is 10.3. The van der Waals surface area contributed by atoms with E-state index in [9.17, 15) is 4.79 Å². The molecule has 0 radical (unpaired) electrons. The lowest BCUT2D eigenvalue weighted by Gasteiger charge is -2.02. The molecule has 2 N–H and O–H groups in total. The van der Waals surface area contributed by atoms with E-state index in [-0.39, 0.29) is 5.69 Å². The third-order valence-electron chi connectivity index (χ3n) is 2.36. The normalized spacial score (nSPS) is 10.3. The lowest BCUT2D eigenvalue weighted by Crippen LogP contribution is -2.05. The van der Waals surface area contributed by atoms with E-state index < -0.39 is 5.97 Å². The maximum atomic E-state index is 10.6. The number of aromatic carboxylic acids is 1. The zero-order valence-electron chi connectivity index (χ0n) is 9.87. The van der Waals surface area contributed by atoms with Gasteiger partial charge < -0.3 is 10.4 Å². The van der Waals surface area contributed by atoms with Gasteiger partial charge in [0.05, 0.1) is 18.6 Å². The van der Waals surface area contributed by atoms with Crippen LogP contribution in [0.4, 0.5) is 5.82 Å². The summed E-state index contributed by atoms with van der Waals surface area (Å²) in [5, 5.41) is 15.9. The molecule has 0 unspecified atom stereocenters. The van der Waals surface area contributed by atoms with Gasteiger partial charge in [0.25, 0.3) is 0 Å². The minimum atomic E-state index is -1.08. The summed E-state index contributed by atoms with van der Waals surface area (Å²) in [6.07, 6.45) is 6.33. The molecule has 0 aliphatic heterocycles. The fourth-order valence-corrected chi connectivity index (χ4v) is 1.39. The van der Waals surface area contributed by atoms with E-state index in [4.69, 9.17) is 5.11 Å². The molecule has 0 fully saturated rings. The third kappa shape index (κ3) is 2.82. The van der Waals surface area contributed by atoms with E-state index >= 15 is 0 Å². The average Bonchev–Trinajstić information content (AvgIpc) is 2.85. The van der Waals surface area contributed by atoms with Crippen molar-refractivity contribution in [2.24, 2.45) is 0 Å². The summed E-state index contributed by atoms with van der Waals surface area (Å²) in [5.41, 5.74) is 0.959. The van der Waals surface area contributed by atoms with Crippen LogP contribution in [-0.2, 0) is 13.1 Å². The first-order chi connectivity index (χ1) is 8.69. The fraction of sp³-hybridized carbons (Fsp3) is 0.273. The number of hydrogen-bond acceptors (Lipinski definition) is 5. The number of aryl methyl sites for hydroxylation is 1. The number of rotatable bonds is 5. The standard InChI is InChI=1S/C11H13N5O2/c1-2-16-7-8(4-15-16)3-13-10-6-12-9(5-14-10)11(17)18/h4-7H,2-3H2,1H3,(H,13,14)(H,17,18). The van der Waals surface area contributed by atoms with Gasteiger partial charge in [0.1, 0.15) is 5.82 Å². The molecular formula is C11H13N5O2. The molecule has 0 aliphatic carbocycles. The maximum absolute atomic E-state index is 10.6. The summed E-state index contributed by atoms with van der Waals surface area (Å²) in [5.74, 6) is -0.553. The zero-order valence-corrected chi connectivity index (χ0v) is 9.87. The molecule has 0 aromatic carbocycles. The summed E-state index contributed by atoms with van der Waals surface area (Å²) in [6.45, 7) is 3.41. The van der Waals surface area contributed by atoms with Gasteiger partial charge in [-0.15, -0.1) is 0 Å². The van der Waals surface area contributed by atoms with Crippen LogP contribution in [0.2, 0.25) is 0 Å². The Bertz CT molecular complexity index is 535. The smallest absolute Gasteiger partial charge is 0.356 e. The molecule has 7 nitrogen and oxygen atoms in total. The Balaban J connectivity index is 1.95. The Hall–Kier alpha value is -2.44. The molecule has 18 heavy (non-hydrogen) atoms. The van der Waals surface area contributed by atoms with E-state index in [0.29, 0.717) is 12.4 Å². The fourth-order valence-electron chi connectivity index (χ4n) is 1.39. The number of aromatic nitrogens is 4. The summed E-state index contributed by atoms with van der Waals surface area (Å²) < 4.78 is 1.83. The van der Waals surface area contributed by atoms with Gasteiger partial charge in [-0.05, 0) is 6.92 Å². The third-order valence-corrected chi connectivity index (χ3v) is 2.36. The summed E-state index contributed by atoms with van der Waals surface area (Å²) >= 11 is 0. The number of carboxylic acid groups (broad SMARTS) is 1. The number of hydrogen-bond donors (Lipinski definition) is 2. The molecule has 0 bridgehead atoms. The Morgan fingerprint density at radius 3 is 2.78 bits per heavy atom. The lowest BCUT2D eigenvalue weighted by molar-refractivity contribution is 0.0690. The highest BCUT2D eigenvalue weighted by Gasteiger charge is 2.04. The van der Waals surface area contributed by atoms with E-state index in [1.54, 1.807) is 6.20 Å². The molecule has 0 atom stereocenters.